The minimum Gasteiger partial charge on any atom is -0.343 e. The number of benzene rings is 2. The average molecular weight is 545 g/mol. The zero-order valence-electron chi connectivity index (χ0n) is 19.3. The highest BCUT2D eigenvalue weighted by atomic mass is 35.5. The number of rotatable bonds is 6. The molecule has 4 rings (SSSR count). The van der Waals surface area contributed by atoms with Crippen LogP contribution < -0.4 is 10.6 Å². The number of nitrogens with one attached hydrogen (secondary N) is 2. The van der Waals surface area contributed by atoms with Crippen LogP contribution in [0.1, 0.15) is 36.8 Å². The van der Waals surface area contributed by atoms with E-state index in [0.29, 0.717) is 52.4 Å². The van der Waals surface area contributed by atoms with Gasteiger partial charge in [-0.2, -0.15) is 0 Å². The second kappa shape index (κ2) is 12.0. The molecular weight excluding hydrogens is 516 g/mol. The molecule has 1 heterocycles. The molecule has 2 fully saturated rings. The molecule has 2 aromatic carbocycles. The summed E-state index contributed by atoms with van der Waals surface area (Å²) in [6, 6.07) is 9.63. The number of amides is 2. The number of halogens is 4. The van der Waals surface area contributed by atoms with Crippen LogP contribution in [0.5, 0.6) is 0 Å². The molecule has 2 N–H and O–H groups in total. The van der Waals surface area contributed by atoms with Crippen LogP contribution in [0.25, 0.3) is 0 Å². The van der Waals surface area contributed by atoms with Crippen molar-refractivity contribution in [3.63, 3.8) is 0 Å². The van der Waals surface area contributed by atoms with Gasteiger partial charge in [-0.15, -0.1) is 0 Å². The van der Waals surface area contributed by atoms with Gasteiger partial charge in [-0.25, -0.2) is 0 Å². The van der Waals surface area contributed by atoms with Crippen LogP contribution in [-0.4, -0.2) is 49.9 Å². The second-order valence-corrected chi connectivity index (χ2v) is 10.4. The highest BCUT2D eigenvalue weighted by molar-refractivity contribution is 6.35. The van der Waals surface area contributed by atoms with Crippen LogP contribution in [0, 0.1) is 0 Å². The van der Waals surface area contributed by atoms with Crippen LogP contribution in [0.4, 0.5) is 0 Å². The van der Waals surface area contributed by atoms with Crippen LogP contribution in [0.15, 0.2) is 36.4 Å². The Balaban J connectivity index is 0.00000103. The molecule has 0 spiro atoms. The van der Waals surface area contributed by atoms with Crippen molar-refractivity contribution in [2.45, 2.75) is 43.6 Å². The van der Waals surface area contributed by atoms with Crippen molar-refractivity contribution in [2.24, 2.45) is 0 Å². The summed E-state index contributed by atoms with van der Waals surface area (Å²) in [5, 5.41) is 7.74. The van der Waals surface area contributed by atoms with Crippen LogP contribution >= 0.6 is 46.4 Å². The van der Waals surface area contributed by atoms with Gasteiger partial charge < -0.3 is 15.5 Å². The molecular formula is C25H29Cl4N3O2. The first-order chi connectivity index (χ1) is 16.2. The Bertz CT molecular complexity index is 1040. The highest BCUT2D eigenvalue weighted by Gasteiger charge is 2.53. The van der Waals surface area contributed by atoms with Crippen LogP contribution in [0.3, 0.4) is 0 Å². The fourth-order valence-electron chi connectivity index (χ4n) is 4.18. The van der Waals surface area contributed by atoms with Crippen LogP contribution in [0.2, 0.25) is 20.1 Å². The SMILES string of the molecule is CNC.O=C(C(Cc1ccc(Cl)cc1Cl)NC(=O)C1(c2ccc(Cl)cc2Cl)CC1)N1CCCC1. The Morgan fingerprint density at radius 3 is 2.03 bits per heavy atom. The van der Waals surface area contributed by atoms with Crippen molar-refractivity contribution in [1.82, 2.24) is 15.5 Å². The molecule has 1 saturated carbocycles. The third-order valence-electron chi connectivity index (χ3n) is 6.09. The number of hydrogen-bond acceptors (Lipinski definition) is 3. The smallest absolute Gasteiger partial charge is 0.245 e. The predicted molar refractivity (Wildman–Crippen MR) is 140 cm³/mol. The third-order valence-corrected chi connectivity index (χ3v) is 7.23. The maximum atomic E-state index is 13.4. The van der Waals surface area contributed by atoms with E-state index in [4.69, 9.17) is 46.4 Å². The normalized spacial score (nSPS) is 16.9. The van der Waals surface area contributed by atoms with Gasteiger partial charge in [0.05, 0.1) is 5.41 Å². The van der Waals surface area contributed by atoms with E-state index >= 15 is 0 Å². The third kappa shape index (κ3) is 6.38. The van der Waals surface area contributed by atoms with E-state index in [1.165, 1.54) is 0 Å². The Kier molecular flexibility index (Phi) is 9.53. The van der Waals surface area contributed by atoms with Crippen molar-refractivity contribution >= 4 is 58.2 Å². The molecule has 34 heavy (non-hydrogen) atoms. The zero-order chi connectivity index (χ0) is 24.9. The van der Waals surface area contributed by atoms with Gasteiger partial charge in [-0.05, 0) is 75.2 Å². The fraction of sp³-hybridized carbons (Fsp3) is 0.440. The molecule has 1 saturated heterocycles. The van der Waals surface area contributed by atoms with E-state index in [0.717, 1.165) is 24.0 Å². The van der Waals surface area contributed by atoms with E-state index < -0.39 is 11.5 Å². The molecule has 5 nitrogen and oxygen atoms in total. The largest absolute Gasteiger partial charge is 0.343 e. The summed E-state index contributed by atoms with van der Waals surface area (Å²) in [6.45, 7) is 1.40. The molecule has 0 radical (unpaired) electrons. The molecule has 0 aromatic heterocycles. The summed E-state index contributed by atoms with van der Waals surface area (Å²) in [4.78, 5) is 28.5. The van der Waals surface area contributed by atoms with E-state index in [2.05, 4.69) is 10.6 Å². The van der Waals surface area contributed by atoms with Crippen molar-refractivity contribution in [2.75, 3.05) is 27.2 Å². The molecule has 0 bridgehead atoms. The summed E-state index contributed by atoms with van der Waals surface area (Å²) < 4.78 is 0. The predicted octanol–water partition coefficient (Wildman–Crippen LogP) is 5.52. The van der Waals surface area contributed by atoms with Gasteiger partial charge in [0, 0.05) is 39.6 Å². The first-order valence-electron chi connectivity index (χ1n) is 11.3. The average Bonchev–Trinajstić information content (AvgIpc) is 3.40. The Morgan fingerprint density at radius 2 is 1.50 bits per heavy atom. The second-order valence-electron chi connectivity index (χ2n) is 8.70. The van der Waals surface area contributed by atoms with E-state index in [1.54, 1.807) is 36.4 Å². The Morgan fingerprint density at radius 1 is 0.941 bits per heavy atom. The molecule has 2 aliphatic rings. The quantitative estimate of drug-likeness (QED) is 0.503. The monoisotopic (exact) mass is 543 g/mol. The van der Waals surface area contributed by atoms with Crippen molar-refractivity contribution in [3.05, 3.63) is 67.6 Å². The summed E-state index contributed by atoms with van der Waals surface area (Å²) in [7, 11) is 3.75. The topological polar surface area (TPSA) is 61.4 Å². The van der Waals surface area contributed by atoms with Crippen molar-refractivity contribution in [1.29, 1.82) is 0 Å². The zero-order valence-corrected chi connectivity index (χ0v) is 22.3. The lowest BCUT2D eigenvalue weighted by Crippen LogP contribution is -2.51. The lowest BCUT2D eigenvalue weighted by Gasteiger charge is -2.27. The number of nitrogens with zero attached hydrogens (tertiary/aromatic N) is 1. The van der Waals surface area contributed by atoms with Gasteiger partial charge >= 0.3 is 0 Å². The standard InChI is InChI=1S/C23H22Cl4N2O2.C2H7N/c24-15-4-3-14(18(26)12-15)11-20(21(30)29-9-1-2-10-29)28-22(31)23(7-8-23)17-6-5-16(25)13-19(17)27;1-3-2/h3-6,12-13,20H,1-2,7-11H2,(H,28,31);3H,1-2H3. The Hall–Kier alpha value is -1.50. The van der Waals surface area contributed by atoms with Crippen molar-refractivity contribution in [3.8, 4) is 0 Å². The van der Waals surface area contributed by atoms with Gasteiger partial charge in [-0.1, -0.05) is 58.5 Å². The van der Waals surface area contributed by atoms with E-state index in [-0.39, 0.29) is 11.8 Å². The fourth-order valence-corrected chi connectivity index (χ4v) is 5.26. The lowest BCUT2D eigenvalue weighted by molar-refractivity contribution is -0.136. The molecule has 1 aliphatic carbocycles. The van der Waals surface area contributed by atoms with Gasteiger partial charge in [0.2, 0.25) is 11.8 Å². The van der Waals surface area contributed by atoms with Crippen LogP contribution in [-0.2, 0) is 21.4 Å². The number of likely N-dealkylation sites (tertiary alicyclic amines) is 1. The van der Waals surface area contributed by atoms with Crippen molar-refractivity contribution < 1.29 is 9.59 Å². The summed E-state index contributed by atoms with van der Waals surface area (Å²) in [5.41, 5.74) is 0.779. The first kappa shape index (κ1) is 27.1. The molecule has 1 aliphatic heterocycles. The summed E-state index contributed by atoms with van der Waals surface area (Å²) in [5.74, 6) is -0.283. The van der Waals surface area contributed by atoms with Gasteiger partial charge in [0.25, 0.3) is 0 Å². The number of carbonyl (C=O) groups is 2. The minimum atomic E-state index is -0.727. The highest BCUT2D eigenvalue weighted by Crippen LogP contribution is 2.51. The Labute approximate surface area is 221 Å². The molecule has 184 valence electrons. The number of carbonyl (C=O) groups excluding carboxylic acids is 2. The summed E-state index contributed by atoms with van der Waals surface area (Å²) in [6.07, 6.45) is 3.58. The number of hydrogen-bond donors (Lipinski definition) is 2. The van der Waals surface area contributed by atoms with Gasteiger partial charge in [-0.3, -0.25) is 9.59 Å². The lowest BCUT2D eigenvalue weighted by atomic mass is 9.93. The van der Waals surface area contributed by atoms with E-state index in [9.17, 15) is 9.59 Å². The molecule has 2 aromatic rings. The van der Waals surface area contributed by atoms with E-state index in [1.807, 2.05) is 19.0 Å². The first-order valence-corrected chi connectivity index (χ1v) is 12.8. The van der Waals surface area contributed by atoms with Gasteiger partial charge in [0.1, 0.15) is 6.04 Å². The summed E-state index contributed by atoms with van der Waals surface area (Å²) >= 11 is 24.8. The minimum absolute atomic E-state index is 0.0881. The maximum absolute atomic E-state index is 13.4. The van der Waals surface area contributed by atoms with Gasteiger partial charge in [0.15, 0.2) is 0 Å². The molecule has 1 unspecified atom stereocenters. The molecule has 1 atom stereocenters. The molecule has 9 heteroatoms. The molecule has 2 amide bonds. The maximum Gasteiger partial charge on any atom is 0.245 e.